The topological polar surface area (TPSA) is 0 Å². The fourth-order valence-electron chi connectivity index (χ4n) is 2.61. The Balaban J connectivity index is 0.000000605. The van der Waals surface area contributed by atoms with E-state index in [1.54, 1.807) is 11.1 Å². The van der Waals surface area contributed by atoms with Crippen molar-refractivity contribution in [2.24, 2.45) is 11.3 Å². The first-order valence-corrected chi connectivity index (χ1v) is 4.31. The van der Waals surface area contributed by atoms with E-state index < -0.39 is 0 Å². The molecule has 0 saturated heterocycles. The summed E-state index contributed by atoms with van der Waals surface area (Å²) >= 11 is 0. The Morgan fingerprint density at radius 3 is 2.27 bits per heavy atom. The second-order valence-electron chi connectivity index (χ2n) is 4.42. The molecule has 11 heavy (non-hydrogen) atoms. The van der Waals surface area contributed by atoms with Crippen LogP contribution in [0.5, 0.6) is 0 Å². The molecule has 3 rings (SSSR count). The minimum Gasteiger partial charge on any atom is -0.0735 e. The maximum absolute atomic E-state index is 2.40. The summed E-state index contributed by atoms with van der Waals surface area (Å²) in [5.74, 6) is 1.02. The first kappa shape index (κ1) is 10.1. The summed E-state index contributed by atoms with van der Waals surface area (Å²) < 4.78 is 0. The molecule has 1 saturated carbocycles. The Morgan fingerprint density at radius 2 is 2.00 bits per heavy atom. The van der Waals surface area contributed by atoms with E-state index in [0.717, 1.165) is 5.92 Å². The summed E-state index contributed by atoms with van der Waals surface area (Å²) in [6.07, 6.45) is 4.24. The van der Waals surface area contributed by atoms with Gasteiger partial charge >= 0.3 is 0 Å². The van der Waals surface area contributed by atoms with E-state index in [1.165, 1.54) is 19.3 Å². The van der Waals surface area contributed by atoms with Crippen LogP contribution in [0.2, 0.25) is 0 Å². The molecule has 3 aliphatic carbocycles. The molecule has 0 aromatic carbocycles. The summed E-state index contributed by atoms with van der Waals surface area (Å²) in [6, 6.07) is 0. The van der Waals surface area contributed by atoms with Gasteiger partial charge in [0.15, 0.2) is 0 Å². The van der Waals surface area contributed by atoms with Crippen molar-refractivity contribution < 1.29 is 0 Å². The van der Waals surface area contributed by atoms with E-state index in [4.69, 9.17) is 0 Å². The van der Waals surface area contributed by atoms with Crippen LogP contribution in [0.1, 0.15) is 40.0 Å². The van der Waals surface area contributed by atoms with Gasteiger partial charge < -0.3 is 0 Å². The predicted molar refractivity (Wildman–Crippen MR) is 49.6 cm³/mol. The third-order valence-corrected chi connectivity index (χ3v) is 3.63. The minimum absolute atomic E-state index is 0. The van der Waals surface area contributed by atoms with Crippen LogP contribution in [0.3, 0.4) is 0 Å². The molecule has 1 fully saturated rings. The molecule has 0 amide bonds. The molecular weight excluding hydrogens is 160 g/mol. The van der Waals surface area contributed by atoms with Crippen LogP contribution in [0.25, 0.3) is 0 Å². The van der Waals surface area contributed by atoms with Gasteiger partial charge in [-0.05, 0) is 37.5 Å². The Morgan fingerprint density at radius 1 is 1.36 bits per heavy atom. The Labute approximate surface area is 99.4 Å². The van der Waals surface area contributed by atoms with Gasteiger partial charge in [0.2, 0.25) is 0 Å². The number of allylic oxidation sites excluding steroid dienone is 2. The molecule has 1 unspecified atom stereocenters. The molecule has 0 N–H and O–H groups in total. The number of hydrogen-bond donors (Lipinski definition) is 0. The van der Waals surface area contributed by atoms with E-state index >= 15 is 0 Å². The van der Waals surface area contributed by atoms with Crippen LogP contribution in [0, 0.1) is 11.3 Å². The minimum atomic E-state index is 0. The van der Waals surface area contributed by atoms with Crippen LogP contribution < -0.4 is 0 Å². The van der Waals surface area contributed by atoms with Crippen molar-refractivity contribution in [2.45, 2.75) is 40.0 Å². The first-order chi connectivity index (χ1) is 4.62. The Kier molecular flexibility index (Phi) is 2.79. The van der Waals surface area contributed by atoms with Crippen molar-refractivity contribution in [3.8, 4) is 0 Å². The molecule has 3 aliphatic rings. The third-order valence-electron chi connectivity index (χ3n) is 3.63. The van der Waals surface area contributed by atoms with Gasteiger partial charge in [-0.3, -0.25) is 0 Å². The van der Waals surface area contributed by atoms with Gasteiger partial charge in [-0.2, -0.15) is 0 Å². The summed E-state index contributed by atoms with van der Waals surface area (Å²) in [7, 11) is 0. The fourth-order valence-corrected chi connectivity index (χ4v) is 2.61. The van der Waals surface area contributed by atoms with Crippen molar-refractivity contribution in [1.29, 1.82) is 0 Å². The largest absolute Gasteiger partial charge is 0.0735 e. The predicted octanol–water partition coefficient (Wildman–Crippen LogP) is 2.76. The summed E-state index contributed by atoms with van der Waals surface area (Å²) in [5.41, 5.74) is 4.04. The zero-order chi connectivity index (χ0) is 7.35. The van der Waals surface area contributed by atoms with E-state index in [1.807, 2.05) is 0 Å². The van der Waals surface area contributed by atoms with Crippen LogP contribution in [-0.4, -0.2) is 37.7 Å². The van der Waals surface area contributed by atoms with Crippen molar-refractivity contribution in [2.75, 3.05) is 0 Å². The van der Waals surface area contributed by atoms with Gasteiger partial charge in [0.25, 0.3) is 0 Å². The van der Waals surface area contributed by atoms with Gasteiger partial charge in [0, 0.05) is 37.7 Å². The monoisotopic (exact) mass is 176 g/mol. The van der Waals surface area contributed by atoms with Crippen LogP contribution in [0.15, 0.2) is 11.1 Å². The standard InChI is InChI=1S/C10H16.Ca/c1-7-4-5-8-6-9(7)10(8,2)3;/h8H,4-6H2,1-3H3;. The summed E-state index contributed by atoms with van der Waals surface area (Å²) in [5, 5.41) is 0. The molecule has 1 heteroatoms. The number of rotatable bonds is 0. The van der Waals surface area contributed by atoms with Gasteiger partial charge in [-0.25, -0.2) is 0 Å². The molecule has 0 aromatic heterocycles. The SMILES string of the molecule is CC1=C2CC(CC1)C2(C)C.[Ca]. The molecule has 0 aromatic rings. The van der Waals surface area contributed by atoms with Crippen molar-refractivity contribution >= 4 is 37.7 Å². The maximum atomic E-state index is 2.40. The average molecular weight is 176 g/mol. The maximum Gasteiger partial charge on any atom is 0 e. The van der Waals surface area contributed by atoms with E-state index in [-0.39, 0.29) is 37.7 Å². The number of hydrogen-bond acceptors (Lipinski definition) is 0. The molecular formula is C10H16Ca. The second-order valence-corrected chi connectivity index (χ2v) is 4.42. The molecule has 2 bridgehead atoms. The fraction of sp³-hybridized carbons (Fsp3) is 0.800. The Bertz CT molecular complexity index is 201. The van der Waals surface area contributed by atoms with Gasteiger partial charge in [0.05, 0.1) is 0 Å². The summed E-state index contributed by atoms with van der Waals surface area (Å²) in [6.45, 7) is 7.12. The molecule has 0 spiro atoms. The summed E-state index contributed by atoms with van der Waals surface area (Å²) in [4.78, 5) is 0. The molecule has 0 nitrogen and oxygen atoms in total. The molecule has 0 heterocycles. The molecule has 1 atom stereocenters. The van der Waals surface area contributed by atoms with E-state index in [2.05, 4.69) is 20.8 Å². The molecule has 0 aliphatic heterocycles. The molecule has 58 valence electrons. The van der Waals surface area contributed by atoms with Gasteiger partial charge in [0.1, 0.15) is 0 Å². The number of fused-ring (bicyclic) bond motifs is 2. The van der Waals surface area contributed by atoms with Gasteiger partial charge in [-0.1, -0.05) is 25.0 Å². The van der Waals surface area contributed by atoms with Crippen LogP contribution in [-0.2, 0) is 0 Å². The van der Waals surface area contributed by atoms with Crippen molar-refractivity contribution in [1.82, 2.24) is 0 Å². The Hall–Kier alpha value is 1.000. The van der Waals surface area contributed by atoms with E-state index in [0.29, 0.717) is 5.41 Å². The van der Waals surface area contributed by atoms with Crippen LogP contribution >= 0.6 is 0 Å². The molecule has 2 radical (unpaired) electrons. The van der Waals surface area contributed by atoms with Crippen molar-refractivity contribution in [3.63, 3.8) is 0 Å². The van der Waals surface area contributed by atoms with Crippen molar-refractivity contribution in [3.05, 3.63) is 11.1 Å². The average Bonchev–Trinajstić information content (AvgIpc) is 1.87. The van der Waals surface area contributed by atoms with Crippen LogP contribution in [0.4, 0.5) is 0 Å². The van der Waals surface area contributed by atoms with Gasteiger partial charge in [-0.15, -0.1) is 0 Å². The third kappa shape index (κ3) is 1.32. The normalized spacial score (nSPS) is 32.5. The zero-order valence-corrected chi connectivity index (χ0v) is 10.1. The second kappa shape index (κ2) is 3.05. The van der Waals surface area contributed by atoms with E-state index in [9.17, 15) is 0 Å². The zero-order valence-electron chi connectivity index (χ0n) is 7.91. The quantitative estimate of drug-likeness (QED) is 0.393. The first-order valence-electron chi connectivity index (χ1n) is 4.31. The smallest absolute Gasteiger partial charge is 0 e.